The topological polar surface area (TPSA) is 78.4 Å². The number of nitrogens with zero attached hydrogens (tertiary/aromatic N) is 3. The lowest BCUT2D eigenvalue weighted by Crippen LogP contribution is -2.49. The summed E-state index contributed by atoms with van der Waals surface area (Å²) < 4.78 is 14.7. The highest BCUT2D eigenvalue weighted by Crippen LogP contribution is 2.24. The van der Waals surface area contributed by atoms with Gasteiger partial charge in [0.2, 0.25) is 5.95 Å². The van der Waals surface area contributed by atoms with Gasteiger partial charge in [0.1, 0.15) is 6.17 Å². The molecule has 1 amide bonds. The molecule has 0 spiro atoms. The van der Waals surface area contributed by atoms with Crippen LogP contribution in [0.2, 0.25) is 0 Å². The number of aromatic nitrogens is 2. The van der Waals surface area contributed by atoms with Crippen LogP contribution in [0, 0.1) is 0 Å². The summed E-state index contributed by atoms with van der Waals surface area (Å²) in [5, 5.41) is 13.1. The minimum Gasteiger partial charge on any atom is -0.465 e. The van der Waals surface area contributed by atoms with Gasteiger partial charge in [-0.1, -0.05) is 22.9 Å². The first kappa shape index (κ1) is 16.9. The first-order valence-electron chi connectivity index (χ1n) is 7.80. The fraction of sp³-hybridized carbons (Fsp3) is 0.438. The van der Waals surface area contributed by atoms with Gasteiger partial charge in [0.25, 0.3) is 0 Å². The van der Waals surface area contributed by atoms with Crippen LogP contribution in [-0.2, 0) is 6.42 Å². The highest BCUT2D eigenvalue weighted by Gasteiger charge is 2.30. The molecule has 0 radical (unpaired) electrons. The zero-order chi connectivity index (χ0) is 17.3. The number of benzene rings is 1. The Balaban J connectivity index is 1.84. The summed E-state index contributed by atoms with van der Waals surface area (Å²) in [4.78, 5) is 21.0. The minimum absolute atomic E-state index is 0.0832. The van der Waals surface area contributed by atoms with Crippen LogP contribution in [0.4, 0.5) is 15.1 Å². The summed E-state index contributed by atoms with van der Waals surface area (Å²) in [6, 6.07) is 3.62. The van der Waals surface area contributed by atoms with E-state index < -0.39 is 12.3 Å². The second-order valence-electron chi connectivity index (χ2n) is 5.91. The molecular weight excluding hydrogens is 379 g/mol. The van der Waals surface area contributed by atoms with Crippen LogP contribution >= 0.6 is 15.9 Å². The summed E-state index contributed by atoms with van der Waals surface area (Å²) in [5.41, 5.74) is 1.94. The van der Waals surface area contributed by atoms with Crippen molar-refractivity contribution in [3.8, 4) is 0 Å². The van der Waals surface area contributed by atoms with E-state index >= 15 is 0 Å². The van der Waals surface area contributed by atoms with Gasteiger partial charge in [0.05, 0.1) is 12.1 Å². The van der Waals surface area contributed by atoms with Crippen molar-refractivity contribution in [2.75, 3.05) is 18.4 Å². The molecule has 2 heterocycles. The number of hydrogen-bond acceptors (Lipinski definition) is 4. The van der Waals surface area contributed by atoms with Crippen LogP contribution in [0.1, 0.15) is 18.9 Å². The highest BCUT2D eigenvalue weighted by atomic mass is 79.9. The summed E-state index contributed by atoms with van der Waals surface area (Å²) >= 11 is 3.47. The second kappa shape index (κ2) is 6.88. The Morgan fingerprint density at radius 2 is 2.29 bits per heavy atom. The number of amides is 1. The average molecular weight is 397 g/mol. The molecule has 3 rings (SSSR count). The van der Waals surface area contributed by atoms with Crippen LogP contribution in [0.15, 0.2) is 22.8 Å². The van der Waals surface area contributed by atoms with Crippen LogP contribution in [0.3, 0.4) is 0 Å². The van der Waals surface area contributed by atoms with Gasteiger partial charge in [-0.15, -0.1) is 0 Å². The van der Waals surface area contributed by atoms with Crippen LogP contribution < -0.4 is 5.32 Å². The quantitative estimate of drug-likeness (QED) is 0.830. The lowest BCUT2D eigenvalue weighted by Gasteiger charge is -2.33. The van der Waals surface area contributed by atoms with Crippen LogP contribution in [0.25, 0.3) is 10.9 Å². The third-order valence-corrected chi connectivity index (χ3v) is 4.57. The number of carbonyl (C=O) groups is 1. The number of nitrogens with one attached hydrogen (secondary N) is 1. The molecule has 2 aromatic rings. The fourth-order valence-corrected chi connectivity index (χ4v) is 3.52. The van der Waals surface area contributed by atoms with E-state index in [1.54, 1.807) is 6.20 Å². The Labute approximate surface area is 147 Å². The van der Waals surface area contributed by atoms with E-state index in [2.05, 4.69) is 38.1 Å². The molecule has 1 fully saturated rings. The van der Waals surface area contributed by atoms with E-state index in [0.717, 1.165) is 32.3 Å². The van der Waals surface area contributed by atoms with Crippen molar-refractivity contribution >= 4 is 38.9 Å². The Morgan fingerprint density at radius 3 is 3.00 bits per heavy atom. The van der Waals surface area contributed by atoms with Crippen LogP contribution in [-0.4, -0.2) is 51.4 Å². The van der Waals surface area contributed by atoms with Gasteiger partial charge in [-0.25, -0.2) is 19.2 Å². The summed E-state index contributed by atoms with van der Waals surface area (Å²) in [6.07, 6.45) is 0.498. The molecular formula is C16H18BrFN4O2. The Morgan fingerprint density at radius 1 is 1.50 bits per heavy atom. The van der Waals surface area contributed by atoms with Gasteiger partial charge >= 0.3 is 6.09 Å². The van der Waals surface area contributed by atoms with Crippen molar-refractivity contribution in [3.05, 3.63) is 28.4 Å². The van der Waals surface area contributed by atoms with E-state index in [0.29, 0.717) is 5.95 Å². The van der Waals surface area contributed by atoms with Gasteiger partial charge in [-0.3, -0.25) is 0 Å². The number of hydrogen-bond donors (Lipinski definition) is 2. The number of alkyl halides is 1. The number of anilines is 1. The van der Waals surface area contributed by atoms with E-state index in [4.69, 9.17) is 5.11 Å². The first-order chi connectivity index (χ1) is 11.5. The number of rotatable bonds is 3. The molecule has 8 heteroatoms. The number of halogens is 2. The zero-order valence-electron chi connectivity index (χ0n) is 13.2. The maximum absolute atomic E-state index is 13.8. The molecule has 2 N–H and O–H groups in total. The lowest BCUT2D eigenvalue weighted by molar-refractivity contribution is 0.102. The number of fused-ring (bicyclic) bond motifs is 1. The molecule has 1 saturated heterocycles. The Bertz CT molecular complexity index is 773. The van der Waals surface area contributed by atoms with Crippen molar-refractivity contribution in [1.29, 1.82) is 0 Å². The normalized spacial score (nSPS) is 21.0. The maximum atomic E-state index is 13.8. The third kappa shape index (κ3) is 3.58. The molecule has 1 aliphatic heterocycles. The molecule has 24 heavy (non-hydrogen) atoms. The average Bonchev–Trinajstić information content (AvgIpc) is 2.53. The SMILES string of the molecule is CCc1cc(Br)cc2cnc(N[C@H]3C[C@H](F)CN(C(=O)O)C3)nc12. The molecule has 0 aliphatic carbocycles. The van der Waals surface area contributed by atoms with Crippen molar-refractivity contribution in [1.82, 2.24) is 14.9 Å². The van der Waals surface area contributed by atoms with Crippen molar-refractivity contribution < 1.29 is 14.3 Å². The van der Waals surface area contributed by atoms with Gasteiger partial charge in [-0.2, -0.15) is 0 Å². The zero-order valence-corrected chi connectivity index (χ0v) is 14.8. The predicted octanol–water partition coefficient (Wildman–Crippen LogP) is 3.46. The molecule has 6 nitrogen and oxygen atoms in total. The predicted molar refractivity (Wildman–Crippen MR) is 93.1 cm³/mol. The van der Waals surface area contributed by atoms with Crippen LogP contribution in [0.5, 0.6) is 0 Å². The molecule has 128 valence electrons. The van der Waals surface area contributed by atoms with Gasteiger partial charge in [0, 0.05) is 35.1 Å². The number of likely N-dealkylation sites (tertiary alicyclic amines) is 1. The third-order valence-electron chi connectivity index (χ3n) is 4.11. The highest BCUT2D eigenvalue weighted by molar-refractivity contribution is 9.10. The molecule has 1 aromatic carbocycles. The molecule has 0 unspecified atom stereocenters. The fourth-order valence-electron chi connectivity index (χ4n) is 3.00. The van der Waals surface area contributed by atoms with E-state index in [9.17, 15) is 9.18 Å². The lowest BCUT2D eigenvalue weighted by atomic mass is 10.0. The largest absolute Gasteiger partial charge is 0.465 e. The minimum atomic E-state index is -1.19. The van der Waals surface area contributed by atoms with Crippen molar-refractivity contribution in [2.24, 2.45) is 0 Å². The number of aryl methyl sites for hydroxylation is 1. The van der Waals surface area contributed by atoms with Gasteiger partial charge in [0.15, 0.2) is 0 Å². The Hall–Kier alpha value is -1.96. The molecule has 0 saturated carbocycles. The summed E-state index contributed by atoms with van der Waals surface area (Å²) in [6.45, 7) is 2.19. The first-order valence-corrected chi connectivity index (χ1v) is 8.59. The number of piperidine rings is 1. The molecule has 1 aromatic heterocycles. The second-order valence-corrected chi connectivity index (χ2v) is 6.83. The summed E-state index contributed by atoms with van der Waals surface area (Å²) in [7, 11) is 0. The summed E-state index contributed by atoms with van der Waals surface area (Å²) in [5.74, 6) is 0.393. The van der Waals surface area contributed by atoms with Gasteiger partial charge in [-0.05, 0) is 24.1 Å². The van der Waals surface area contributed by atoms with E-state index in [1.165, 1.54) is 0 Å². The van der Waals surface area contributed by atoms with Crippen molar-refractivity contribution in [2.45, 2.75) is 32.0 Å². The van der Waals surface area contributed by atoms with E-state index in [-0.39, 0.29) is 25.6 Å². The molecule has 2 atom stereocenters. The maximum Gasteiger partial charge on any atom is 0.407 e. The smallest absolute Gasteiger partial charge is 0.407 e. The Kier molecular flexibility index (Phi) is 4.84. The number of carboxylic acid groups (broad SMARTS) is 1. The molecule has 1 aliphatic rings. The monoisotopic (exact) mass is 396 g/mol. The van der Waals surface area contributed by atoms with Gasteiger partial charge < -0.3 is 15.3 Å². The standard InChI is InChI=1S/C16H18BrFN4O2/c1-2-9-3-11(17)4-10-6-19-15(21-14(9)10)20-13-5-12(18)7-22(8-13)16(23)24/h3-4,6,12-13H,2,5,7-8H2,1H3,(H,23,24)(H,19,20,21)/t12-,13-/m0/s1. The van der Waals surface area contributed by atoms with E-state index in [1.807, 2.05) is 12.1 Å². The molecule has 0 bridgehead atoms. The van der Waals surface area contributed by atoms with Crippen molar-refractivity contribution in [3.63, 3.8) is 0 Å².